The highest BCUT2D eigenvalue weighted by Crippen LogP contribution is 2.44. The van der Waals surface area contributed by atoms with Crippen LogP contribution < -0.4 is 0 Å². The Labute approximate surface area is 176 Å². The van der Waals surface area contributed by atoms with E-state index in [0.29, 0.717) is 22.3 Å². The summed E-state index contributed by atoms with van der Waals surface area (Å²) in [5.41, 5.74) is 2.10. The fourth-order valence-corrected chi connectivity index (χ4v) is 4.19. The molecule has 1 aliphatic carbocycles. The first-order valence-corrected chi connectivity index (χ1v) is 9.78. The summed E-state index contributed by atoms with van der Waals surface area (Å²) in [5, 5.41) is 0. The summed E-state index contributed by atoms with van der Waals surface area (Å²) in [5.74, 6) is -1.19. The first-order valence-electron chi connectivity index (χ1n) is 8.65. The van der Waals surface area contributed by atoms with Gasteiger partial charge in [0.15, 0.2) is 11.6 Å². The predicted octanol–water partition coefficient (Wildman–Crippen LogP) is 4.71. The Morgan fingerprint density at radius 2 is 1.46 bits per heavy atom. The highest BCUT2D eigenvalue weighted by atomic mass is 35.6. The van der Waals surface area contributed by atoms with Crippen molar-refractivity contribution < 1.29 is 14.4 Å². The smallest absolute Gasteiger partial charge is 0.275 e. The molecule has 7 heteroatoms. The van der Waals surface area contributed by atoms with Crippen LogP contribution in [0.15, 0.2) is 65.7 Å². The van der Waals surface area contributed by atoms with Crippen LogP contribution in [-0.4, -0.2) is 32.7 Å². The molecule has 0 fully saturated rings. The summed E-state index contributed by atoms with van der Waals surface area (Å²) in [6.45, 7) is 0.173. The largest absolute Gasteiger partial charge is 0.327 e. The second kappa shape index (κ2) is 7.03. The minimum absolute atomic E-state index is 0.173. The van der Waals surface area contributed by atoms with Crippen molar-refractivity contribution in [3.63, 3.8) is 0 Å². The highest BCUT2D eigenvalue weighted by Gasteiger charge is 2.46. The molecule has 1 heterocycles. The Balaban J connectivity index is 1.92. The first-order chi connectivity index (χ1) is 13.3. The number of carbonyl (C=O) groups excluding carboxylic acids is 3. The van der Waals surface area contributed by atoms with Gasteiger partial charge in [-0.25, -0.2) is 0 Å². The van der Waals surface area contributed by atoms with E-state index in [2.05, 4.69) is 0 Å². The van der Waals surface area contributed by atoms with Gasteiger partial charge in [-0.1, -0.05) is 89.4 Å². The standard InChI is InChI=1S/C21H14Cl3NO3/c22-21(23,24)20(28)25-11-10-15-16(17(25)12-6-2-1-3-7-12)19(27)14-9-5-4-8-13(14)18(15)26/h1-9,17H,10-11H2. The van der Waals surface area contributed by atoms with Gasteiger partial charge < -0.3 is 4.90 Å². The summed E-state index contributed by atoms with van der Waals surface area (Å²) in [6.07, 6.45) is 0.226. The molecule has 1 aliphatic heterocycles. The third kappa shape index (κ3) is 3.06. The maximum absolute atomic E-state index is 13.4. The Morgan fingerprint density at radius 3 is 2.07 bits per heavy atom. The predicted molar refractivity (Wildman–Crippen MR) is 108 cm³/mol. The van der Waals surface area contributed by atoms with Crippen molar-refractivity contribution in [3.8, 4) is 0 Å². The number of hydrogen-bond acceptors (Lipinski definition) is 3. The van der Waals surface area contributed by atoms with Crippen molar-refractivity contribution in [1.29, 1.82) is 0 Å². The lowest BCUT2D eigenvalue weighted by molar-refractivity contribution is -0.132. The Bertz CT molecular complexity index is 1020. The van der Waals surface area contributed by atoms with Gasteiger partial charge >= 0.3 is 0 Å². The number of amides is 1. The molecule has 1 unspecified atom stereocenters. The van der Waals surface area contributed by atoms with Crippen LogP contribution in [0.5, 0.6) is 0 Å². The molecule has 0 bridgehead atoms. The molecule has 0 N–H and O–H groups in total. The van der Waals surface area contributed by atoms with Crippen LogP contribution in [0.2, 0.25) is 0 Å². The molecule has 2 aliphatic rings. The van der Waals surface area contributed by atoms with E-state index in [1.165, 1.54) is 4.90 Å². The number of ketones is 2. The third-order valence-electron chi connectivity index (χ3n) is 5.07. The summed E-state index contributed by atoms with van der Waals surface area (Å²) >= 11 is 17.6. The van der Waals surface area contributed by atoms with Gasteiger partial charge in [-0.3, -0.25) is 14.4 Å². The van der Waals surface area contributed by atoms with E-state index in [9.17, 15) is 14.4 Å². The molecule has 4 rings (SSSR count). The summed E-state index contributed by atoms with van der Waals surface area (Å²) in [7, 11) is 0. The zero-order chi connectivity index (χ0) is 20.1. The van der Waals surface area contributed by atoms with Gasteiger partial charge in [0.1, 0.15) is 0 Å². The molecule has 28 heavy (non-hydrogen) atoms. The normalized spacial score (nSPS) is 19.4. The molecule has 1 amide bonds. The summed E-state index contributed by atoms with van der Waals surface area (Å²) < 4.78 is -2.16. The molecular formula is C21H14Cl3NO3. The van der Waals surface area contributed by atoms with Crippen LogP contribution in [-0.2, 0) is 4.79 Å². The number of alkyl halides is 3. The van der Waals surface area contributed by atoms with Gasteiger partial charge in [0.25, 0.3) is 9.70 Å². The fourth-order valence-electron chi connectivity index (χ4n) is 3.86. The molecule has 2 aromatic carbocycles. The van der Waals surface area contributed by atoms with Crippen molar-refractivity contribution >= 4 is 52.3 Å². The van der Waals surface area contributed by atoms with Gasteiger partial charge in [0, 0.05) is 28.8 Å². The lowest BCUT2D eigenvalue weighted by atomic mass is 9.76. The second-order valence-corrected chi connectivity index (χ2v) is 8.94. The minimum atomic E-state index is -2.16. The van der Waals surface area contributed by atoms with Crippen LogP contribution in [0.1, 0.15) is 38.7 Å². The van der Waals surface area contributed by atoms with Gasteiger partial charge in [-0.2, -0.15) is 0 Å². The van der Waals surface area contributed by atoms with Crippen molar-refractivity contribution in [2.75, 3.05) is 6.54 Å². The van der Waals surface area contributed by atoms with Crippen molar-refractivity contribution in [1.82, 2.24) is 4.90 Å². The zero-order valence-corrected chi connectivity index (χ0v) is 16.8. The number of fused-ring (bicyclic) bond motifs is 1. The summed E-state index contributed by atoms with van der Waals surface area (Å²) in [4.78, 5) is 40.6. The maximum atomic E-state index is 13.4. The molecule has 0 spiro atoms. The fraction of sp³-hybridized carbons (Fsp3) is 0.190. The van der Waals surface area contributed by atoms with Gasteiger partial charge in [0.2, 0.25) is 0 Å². The van der Waals surface area contributed by atoms with Gasteiger partial charge in [-0.05, 0) is 12.0 Å². The number of benzene rings is 2. The van der Waals surface area contributed by atoms with E-state index in [-0.39, 0.29) is 30.1 Å². The quantitative estimate of drug-likeness (QED) is 0.611. The lowest BCUT2D eigenvalue weighted by Gasteiger charge is -2.41. The Morgan fingerprint density at radius 1 is 0.893 bits per heavy atom. The molecule has 0 aromatic heterocycles. The molecule has 0 saturated heterocycles. The van der Waals surface area contributed by atoms with E-state index in [1.54, 1.807) is 48.5 Å². The maximum Gasteiger partial charge on any atom is 0.275 e. The van der Waals surface area contributed by atoms with Crippen LogP contribution >= 0.6 is 34.8 Å². The Hall–Kier alpha value is -2.14. The van der Waals surface area contributed by atoms with E-state index in [4.69, 9.17) is 34.8 Å². The minimum Gasteiger partial charge on any atom is -0.327 e. The van der Waals surface area contributed by atoms with Crippen LogP contribution in [0.4, 0.5) is 0 Å². The van der Waals surface area contributed by atoms with Crippen molar-refractivity contribution in [2.24, 2.45) is 0 Å². The van der Waals surface area contributed by atoms with Crippen molar-refractivity contribution in [3.05, 3.63) is 82.4 Å². The van der Waals surface area contributed by atoms with E-state index >= 15 is 0 Å². The lowest BCUT2D eigenvalue weighted by Crippen LogP contribution is -2.48. The Kier molecular flexibility index (Phi) is 4.82. The van der Waals surface area contributed by atoms with Crippen LogP contribution in [0, 0.1) is 0 Å². The second-order valence-electron chi connectivity index (χ2n) is 6.66. The van der Waals surface area contributed by atoms with Crippen molar-refractivity contribution in [2.45, 2.75) is 16.3 Å². The molecule has 1 atom stereocenters. The third-order valence-corrected chi connectivity index (χ3v) is 5.55. The molecule has 0 radical (unpaired) electrons. The van der Waals surface area contributed by atoms with Gasteiger partial charge in [-0.15, -0.1) is 0 Å². The highest BCUT2D eigenvalue weighted by molar-refractivity contribution is 6.76. The van der Waals surface area contributed by atoms with Crippen LogP contribution in [0.3, 0.4) is 0 Å². The van der Waals surface area contributed by atoms with E-state index < -0.39 is 15.7 Å². The first kappa shape index (κ1) is 19.2. The number of Topliss-reactive ketones (excluding diaryl/α,β-unsaturated/α-hetero) is 2. The van der Waals surface area contributed by atoms with Crippen LogP contribution in [0.25, 0.3) is 0 Å². The topological polar surface area (TPSA) is 54.5 Å². The van der Waals surface area contributed by atoms with E-state index in [1.807, 2.05) is 6.07 Å². The number of hydrogen-bond donors (Lipinski definition) is 0. The molecule has 0 saturated carbocycles. The molecule has 4 nitrogen and oxygen atoms in total. The number of rotatable bonds is 1. The number of halogens is 3. The van der Waals surface area contributed by atoms with Gasteiger partial charge in [0.05, 0.1) is 6.04 Å². The molecule has 142 valence electrons. The number of carbonyl (C=O) groups is 3. The summed E-state index contributed by atoms with van der Waals surface area (Å²) in [6, 6.07) is 14.9. The monoisotopic (exact) mass is 433 g/mol. The SMILES string of the molecule is O=C1C2=C(C(=O)c3ccccc31)C(c1ccccc1)N(C(=O)C(Cl)(Cl)Cl)CC2. The average molecular weight is 435 g/mol. The van der Waals surface area contributed by atoms with E-state index in [0.717, 1.165) is 0 Å². The zero-order valence-electron chi connectivity index (χ0n) is 14.5. The molecular weight excluding hydrogens is 421 g/mol. The average Bonchev–Trinajstić information content (AvgIpc) is 2.70. The number of nitrogens with zero attached hydrogens (tertiary/aromatic N) is 1. The molecule has 2 aromatic rings.